The van der Waals surface area contributed by atoms with Gasteiger partial charge >= 0.3 is 5.97 Å². The second kappa shape index (κ2) is 24.0. The summed E-state index contributed by atoms with van der Waals surface area (Å²) in [6.07, 6.45) is 16.7. The molecule has 266 valence electrons. The summed E-state index contributed by atoms with van der Waals surface area (Å²) < 4.78 is 5.73. The maximum absolute atomic E-state index is 13.7. The standard InChI is InChI=1S/C38H62N2O7/c1-6-9-11-14-17-20-31(41)21-18-15-12-13-16-19-22-33(38(46,27-8-3)37(44)45)35(42)39-34(36(43)40(4)5)29-30-23-25-32(26-24-30)47-28-10-7-2/h19,22-26,33-34,46H,6-18,20-21,27-29H2,1-5H3,(H,39,42)(H,44,45)/t33-,34+,38+/m1/s1. The van der Waals surface area contributed by atoms with Crippen molar-refractivity contribution in [2.75, 3.05) is 20.7 Å². The molecule has 0 radical (unpaired) electrons. The maximum atomic E-state index is 13.7. The normalized spacial score (nSPS) is 13.9. The van der Waals surface area contributed by atoms with Gasteiger partial charge in [0, 0.05) is 33.4 Å². The van der Waals surface area contributed by atoms with Crippen molar-refractivity contribution >= 4 is 23.6 Å². The maximum Gasteiger partial charge on any atom is 0.336 e. The molecule has 3 N–H and O–H groups in total. The minimum absolute atomic E-state index is 0.122. The first-order chi connectivity index (χ1) is 22.5. The van der Waals surface area contributed by atoms with Crippen LogP contribution in [0.1, 0.15) is 129 Å². The van der Waals surface area contributed by atoms with E-state index >= 15 is 0 Å². The van der Waals surface area contributed by atoms with Crippen molar-refractivity contribution in [2.45, 2.75) is 142 Å². The van der Waals surface area contributed by atoms with Crippen LogP contribution in [0.4, 0.5) is 0 Å². The molecule has 1 aromatic rings. The number of ketones is 1. The highest BCUT2D eigenvalue weighted by Crippen LogP contribution is 2.27. The SMILES string of the molecule is CCCCCCCC(=O)CCCCCCC=C[C@H](C(=O)N[C@@H](Cc1ccc(OCCCC)cc1)C(=O)N(C)C)[C@@](O)(CCC)C(=O)O. The lowest BCUT2D eigenvalue weighted by Crippen LogP contribution is -2.55. The van der Waals surface area contributed by atoms with Gasteiger partial charge in [0.05, 0.1) is 12.5 Å². The summed E-state index contributed by atoms with van der Waals surface area (Å²) >= 11 is 0. The second-order valence-corrected chi connectivity index (χ2v) is 12.9. The van der Waals surface area contributed by atoms with Crippen molar-refractivity contribution in [1.29, 1.82) is 0 Å². The summed E-state index contributed by atoms with van der Waals surface area (Å²) in [4.78, 5) is 52.6. The highest BCUT2D eigenvalue weighted by atomic mass is 16.5. The molecular weight excluding hydrogens is 596 g/mol. The zero-order valence-electron chi connectivity index (χ0n) is 29.7. The molecule has 0 aliphatic rings. The smallest absolute Gasteiger partial charge is 0.336 e. The van der Waals surface area contributed by atoms with Crippen molar-refractivity contribution in [3.8, 4) is 5.75 Å². The van der Waals surface area contributed by atoms with Gasteiger partial charge in [-0.3, -0.25) is 14.4 Å². The Morgan fingerprint density at radius 2 is 1.45 bits per heavy atom. The van der Waals surface area contributed by atoms with E-state index in [4.69, 9.17) is 4.74 Å². The average Bonchev–Trinajstić information content (AvgIpc) is 3.04. The Morgan fingerprint density at radius 3 is 2.00 bits per heavy atom. The number of nitrogens with one attached hydrogen (secondary N) is 1. The lowest BCUT2D eigenvalue weighted by Gasteiger charge is -2.31. The van der Waals surface area contributed by atoms with E-state index in [1.807, 2.05) is 24.3 Å². The number of amides is 2. The molecule has 0 saturated carbocycles. The first kappa shape index (κ1) is 41.8. The summed E-state index contributed by atoms with van der Waals surface area (Å²) in [5.74, 6) is -2.87. The third kappa shape index (κ3) is 16.5. The molecule has 1 rings (SSSR count). The minimum Gasteiger partial charge on any atom is -0.494 e. The number of carbonyl (C=O) groups excluding carboxylic acids is 3. The molecule has 0 aliphatic carbocycles. The first-order valence-corrected chi connectivity index (χ1v) is 17.9. The number of aliphatic hydroxyl groups is 1. The molecule has 0 bridgehead atoms. The molecule has 0 aliphatic heterocycles. The summed E-state index contributed by atoms with van der Waals surface area (Å²) in [7, 11) is 3.19. The van der Waals surface area contributed by atoms with Crippen molar-refractivity contribution in [2.24, 2.45) is 5.92 Å². The third-order valence-electron chi connectivity index (χ3n) is 8.45. The molecule has 9 nitrogen and oxygen atoms in total. The number of Topliss-reactive ketones (excluding diaryl/α,β-unsaturated/α-hetero) is 1. The molecule has 0 aromatic heterocycles. The molecule has 0 unspecified atom stereocenters. The Kier molecular flexibility index (Phi) is 21.4. The van der Waals surface area contributed by atoms with Crippen LogP contribution in [-0.2, 0) is 25.6 Å². The Bertz CT molecular complexity index is 1090. The third-order valence-corrected chi connectivity index (χ3v) is 8.45. The number of likely N-dealkylation sites (N-methyl/N-ethyl adjacent to an activating group) is 1. The van der Waals surface area contributed by atoms with Crippen molar-refractivity contribution < 1.29 is 34.1 Å². The van der Waals surface area contributed by atoms with E-state index in [2.05, 4.69) is 19.2 Å². The van der Waals surface area contributed by atoms with Crippen LogP contribution in [0.2, 0.25) is 0 Å². The monoisotopic (exact) mass is 658 g/mol. The van der Waals surface area contributed by atoms with Crippen molar-refractivity contribution in [1.82, 2.24) is 10.2 Å². The fraction of sp³-hybridized carbons (Fsp3) is 0.684. The molecule has 1 aromatic carbocycles. The molecule has 2 amide bonds. The number of carboxylic acid groups (broad SMARTS) is 1. The number of ether oxygens (including phenoxy) is 1. The van der Waals surface area contributed by atoms with Crippen LogP contribution in [0.3, 0.4) is 0 Å². The summed E-state index contributed by atoms with van der Waals surface area (Å²) in [5, 5.41) is 24.0. The molecular formula is C38H62N2O7. The van der Waals surface area contributed by atoms with Gasteiger partial charge in [-0.05, 0) is 56.2 Å². The van der Waals surface area contributed by atoms with Crippen LogP contribution in [-0.4, -0.2) is 71.0 Å². The number of benzene rings is 1. The van der Waals surface area contributed by atoms with Crippen molar-refractivity contribution in [3.63, 3.8) is 0 Å². The van der Waals surface area contributed by atoms with Gasteiger partial charge in [-0.15, -0.1) is 0 Å². The summed E-state index contributed by atoms with van der Waals surface area (Å²) in [5.41, 5.74) is -1.52. The Labute approximate surface area is 283 Å². The predicted molar refractivity (Wildman–Crippen MR) is 187 cm³/mol. The van der Waals surface area contributed by atoms with E-state index in [0.29, 0.717) is 38.1 Å². The zero-order chi connectivity index (χ0) is 35.1. The van der Waals surface area contributed by atoms with E-state index in [-0.39, 0.29) is 18.7 Å². The number of carbonyl (C=O) groups is 4. The summed E-state index contributed by atoms with van der Waals surface area (Å²) in [6, 6.07) is 6.38. The number of carboxylic acids is 1. The van der Waals surface area contributed by atoms with Gasteiger partial charge in [0.25, 0.3) is 0 Å². The highest BCUT2D eigenvalue weighted by Gasteiger charge is 2.46. The summed E-state index contributed by atoms with van der Waals surface area (Å²) in [6.45, 7) is 6.63. The van der Waals surface area contributed by atoms with Crippen LogP contribution >= 0.6 is 0 Å². The molecule has 0 fully saturated rings. The van der Waals surface area contributed by atoms with Gasteiger partial charge in [0.2, 0.25) is 11.8 Å². The molecule has 47 heavy (non-hydrogen) atoms. The molecule has 3 atom stereocenters. The Balaban J connectivity index is 2.87. The van der Waals surface area contributed by atoms with Gasteiger partial charge in [0.1, 0.15) is 17.6 Å². The van der Waals surface area contributed by atoms with Gasteiger partial charge < -0.3 is 25.2 Å². The number of hydrogen-bond donors (Lipinski definition) is 3. The first-order valence-electron chi connectivity index (χ1n) is 17.9. The van der Waals surface area contributed by atoms with Crippen LogP contribution in [0, 0.1) is 5.92 Å². The van der Waals surface area contributed by atoms with Gasteiger partial charge in [-0.1, -0.05) is 96.4 Å². The number of unbranched alkanes of at least 4 members (excludes halogenated alkanes) is 9. The van der Waals surface area contributed by atoms with Gasteiger partial charge in [0.15, 0.2) is 5.60 Å². The molecule has 0 saturated heterocycles. The number of rotatable bonds is 27. The minimum atomic E-state index is -2.32. The molecule has 0 spiro atoms. The predicted octanol–water partition coefficient (Wildman–Crippen LogP) is 7.04. The van der Waals surface area contributed by atoms with Crippen LogP contribution in [0.15, 0.2) is 36.4 Å². The topological polar surface area (TPSA) is 133 Å². The lowest BCUT2D eigenvalue weighted by molar-refractivity contribution is -0.167. The quantitative estimate of drug-likeness (QED) is 0.0682. The lowest BCUT2D eigenvalue weighted by atomic mass is 9.82. The number of allylic oxidation sites excluding steroid dienone is 1. The van der Waals surface area contributed by atoms with E-state index in [1.54, 1.807) is 27.1 Å². The highest BCUT2D eigenvalue weighted by molar-refractivity contribution is 5.93. The van der Waals surface area contributed by atoms with E-state index in [1.165, 1.54) is 30.2 Å². The average molecular weight is 659 g/mol. The van der Waals surface area contributed by atoms with Gasteiger partial charge in [-0.2, -0.15) is 0 Å². The number of aliphatic carboxylic acids is 1. The number of hydrogen-bond acceptors (Lipinski definition) is 6. The fourth-order valence-corrected chi connectivity index (χ4v) is 5.53. The Morgan fingerprint density at radius 1 is 0.851 bits per heavy atom. The van der Waals surface area contributed by atoms with E-state index in [0.717, 1.165) is 62.7 Å². The van der Waals surface area contributed by atoms with Crippen LogP contribution < -0.4 is 10.1 Å². The van der Waals surface area contributed by atoms with E-state index in [9.17, 15) is 29.4 Å². The zero-order valence-corrected chi connectivity index (χ0v) is 29.7. The largest absolute Gasteiger partial charge is 0.494 e. The van der Waals surface area contributed by atoms with Crippen molar-refractivity contribution in [3.05, 3.63) is 42.0 Å². The molecule has 0 heterocycles. The number of nitrogens with zero attached hydrogens (tertiary/aromatic N) is 1. The van der Waals surface area contributed by atoms with Gasteiger partial charge in [-0.25, -0.2) is 4.79 Å². The van der Waals surface area contributed by atoms with Crippen LogP contribution in [0.5, 0.6) is 5.75 Å². The molecule has 9 heteroatoms. The van der Waals surface area contributed by atoms with E-state index < -0.39 is 29.4 Å². The van der Waals surface area contributed by atoms with Crippen LogP contribution in [0.25, 0.3) is 0 Å². The Hall–Kier alpha value is -3.20. The fourth-order valence-electron chi connectivity index (χ4n) is 5.53. The second-order valence-electron chi connectivity index (χ2n) is 12.9.